The summed E-state index contributed by atoms with van der Waals surface area (Å²) in [6, 6.07) is 14.1. The number of hydrogen-bond acceptors (Lipinski definition) is 7. The summed E-state index contributed by atoms with van der Waals surface area (Å²) >= 11 is 0. The highest BCUT2D eigenvalue weighted by Crippen LogP contribution is 2.26. The van der Waals surface area contributed by atoms with Gasteiger partial charge in [0, 0.05) is 38.3 Å². The van der Waals surface area contributed by atoms with Crippen molar-refractivity contribution in [3.05, 3.63) is 64.6 Å². The lowest BCUT2D eigenvalue weighted by molar-refractivity contribution is -0.123. The van der Waals surface area contributed by atoms with E-state index < -0.39 is 5.69 Å². The summed E-state index contributed by atoms with van der Waals surface area (Å²) in [5, 5.41) is 12.7. The van der Waals surface area contributed by atoms with Crippen molar-refractivity contribution in [2.24, 2.45) is 0 Å². The topological polar surface area (TPSA) is 111 Å². The maximum absolute atomic E-state index is 12.2. The first-order valence-corrected chi connectivity index (χ1v) is 12.2. The van der Waals surface area contributed by atoms with Gasteiger partial charge in [0.05, 0.1) is 11.4 Å². The van der Waals surface area contributed by atoms with Gasteiger partial charge in [-0.15, -0.1) is 0 Å². The van der Waals surface area contributed by atoms with Crippen molar-refractivity contribution >= 4 is 5.91 Å². The maximum atomic E-state index is 12.2. The Hall–Kier alpha value is -3.69. The van der Waals surface area contributed by atoms with Crippen molar-refractivity contribution in [1.82, 2.24) is 25.1 Å². The summed E-state index contributed by atoms with van der Waals surface area (Å²) < 4.78 is 5.62. The van der Waals surface area contributed by atoms with Crippen LogP contribution >= 0.6 is 0 Å². The second-order valence-corrected chi connectivity index (χ2v) is 9.15. The lowest BCUT2D eigenvalue weighted by Gasteiger charge is -2.32. The van der Waals surface area contributed by atoms with Crippen LogP contribution in [0.15, 0.2) is 53.3 Å². The van der Waals surface area contributed by atoms with Gasteiger partial charge < -0.3 is 29.9 Å². The van der Waals surface area contributed by atoms with Crippen LogP contribution in [0, 0.1) is 6.92 Å². The number of aromatic nitrogens is 2. The number of H-pyrrole nitrogens is 1. The standard InChI is InChI=1S/C27H33N5O4/c1-19-16-21(6-9-25(19)33)24-17-23(29-27(35)30-24)20-4-7-22(8-5-20)36-18-26(34)28-10-3-11-32-14-12-31(2)13-15-32/h4-9,16-17,33H,3,10-15,18H2,1-2H3,(H,28,34)(H,29,30,35). The number of nitrogens with zero attached hydrogens (tertiary/aromatic N) is 3. The number of phenols is 1. The quantitative estimate of drug-likeness (QED) is 0.394. The zero-order chi connectivity index (χ0) is 25.5. The second-order valence-electron chi connectivity index (χ2n) is 9.15. The van der Waals surface area contributed by atoms with Gasteiger partial charge >= 0.3 is 5.69 Å². The van der Waals surface area contributed by atoms with Crippen LogP contribution in [-0.2, 0) is 4.79 Å². The molecule has 0 radical (unpaired) electrons. The molecule has 9 heteroatoms. The second kappa shape index (κ2) is 11.8. The van der Waals surface area contributed by atoms with E-state index in [0.717, 1.165) is 50.3 Å². The van der Waals surface area contributed by atoms with E-state index in [-0.39, 0.29) is 18.3 Å². The molecule has 1 aliphatic rings. The predicted octanol–water partition coefficient (Wildman–Crippen LogP) is 2.25. The number of amides is 1. The average Bonchev–Trinajstić information content (AvgIpc) is 2.88. The Morgan fingerprint density at radius 3 is 2.53 bits per heavy atom. The molecule has 1 aliphatic heterocycles. The largest absolute Gasteiger partial charge is 0.508 e. The number of aromatic hydroxyl groups is 1. The van der Waals surface area contributed by atoms with Gasteiger partial charge in [-0.1, -0.05) is 0 Å². The molecule has 2 aromatic carbocycles. The van der Waals surface area contributed by atoms with Gasteiger partial charge in [-0.2, -0.15) is 4.98 Å². The molecule has 1 amide bonds. The zero-order valence-corrected chi connectivity index (χ0v) is 20.8. The number of piperazine rings is 1. The highest BCUT2D eigenvalue weighted by Gasteiger charge is 2.13. The summed E-state index contributed by atoms with van der Waals surface area (Å²) in [6.45, 7) is 7.70. The number of ether oxygens (including phenoxy) is 1. The average molecular weight is 492 g/mol. The van der Waals surface area contributed by atoms with E-state index in [1.165, 1.54) is 0 Å². The van der Waals surface area contributed by atoms with Gasteiger partial charge in [0.1, 0.15) is 11.5 Å². The number of hydrogen-bond donors (Lipinski definition) is 3. The molecule has 1 fully saturated rings. The van der Waals surface area contributed by atoms with Gasteiger partial charge in [-0.25, -0.2) is 4.79 Å². The summed E-state index contributed by atoms with van der Waals surface area (Å²) in [5.41, 5.74) is 2.90. The minimum absolute atomic E-state index is 0.0513. The third-order valence-electron chi connectivity index (χ3n) is 6.34. The van der Waals surface area contributed by atoms with Gasteiger partial charge in [-0.3, -0.25) is 4.79 Å². The molecule has 0 spiro atoms. The third kappa shape index (κ3) is 6.93. The summed E-state index contributed by atoms with van der Waals surface area (Å²) in [6.07, 6.45) is 0.917. The molecule has 1 saturated heterocycles. The van der Waals surface area contributed by atoms with Crippen LogP contribution in [0.1, 0.15) is 12.0 Å². The number of carbonyl (C=O) groups excluding carboxylic acids is 1. The molecule has 9 nitrogen and oxygen atoms in total. The molecule has 2 heterocycles. The van der Waals surface area contributed by atoms with E-state index >= 15 is 0 Å². The Balaban J connectivity index is 1.27. The van der Waals surface area contributed by atoms with Gasteiger partial charge in [-0.05, 0) is 86.6 Å². The molecular weight excluding hydrogens is 458 g/mol. The van der Waals surface area contributed by atoms with E-state index in [9.17, 15) is 14.7 Å². The van der Waals surface area contributed by atoms with E-state index in [1.54, 1.807) is 43.3 Å². The number of phenolic OH excluding ortho intramolecular Hbond substituents is 1. The van der Waals surface area contributed by atoms with Crippen molar-refractivity contribution in [2.45, 2.75) is 13.3 Å². The molecule has 0 atom stereocenters. The van der Waals surface area contributed by atoms with E-state index in [0.29, 0.717) is 29.2 Å². The summed E-state index contributed by atoms with van der Waals surface area (Å²) in [7, 11) is 2.14. The fraction of sp³-hybridized carbons (Fsp3) is 0.370. The number of nitrogens with one attached hydrogen (secondary N) is 2. The number of likely N-dealkylation sites (N-methyl/N-ethyl adjacent to an activating group) is 1. The van der Waals surface area contributed by atoms with E-state index in [4.69, 9.17) is 4.74 Å². The van der Waals surface area contributed by atoms with Crippen LogP contribution in [0.3, 0.4) is 0 Å². The Bertz CT molecular complexity index is 1230. The molecule has 0 bridgehead atoms. The molecule has 0 saturated carbocycles. The summed E-state index contributed by atoms with van der Waals surface area (Å²) in [5.74, 6) is 0.612. The fourth-order valence-corrected chi connectivity index (χ4v) is 4.11. The van der Waals surface area contributed by atoms with Crippen LogP contribution in [0.25, 0.3) is 22.5 Å². The Morgan fingerprint density at radius 2 is 1.81 bits per heavy atom. The monoisotopic (exact) mass is 491 g/mol. The zero-order valence-electron chi connectivity index (χ0n) is 20.8. The van der Waals surface area contributed by atoms with Gasteiger partial charge in [0.15, 0.2) is 6.61 Å². The molecule has 36 heavy (non-hydrogen) atoms. The highest BCUT2D eigenvalue weighted by molar-refractivity contribution is 5.77. The maximum Gasteiger partial charge on any atom is 0.345 e. The van der Waals surface area contributed by atoms with Crippen molar-refractivity contribution in [3.63, 3.8) is 0 Å². The molecule has 4 rings (SSSR count). The first-order valence-electron chi connectivity index (χ1n) is 12.2. The molecule has 1 aromatic heterocycles. The van der Waals surface area contributed by atoms with Crippen molar-refractivity contribution in [1.29, 1.82) is 0 Å². The van der Waals surface area contributed by atoms with E-state index in [1.807, 2.05) is 12.1 Å². The lowest BCUT2D eigenvalue weighted by Crippen LogP contribution is -2.45. The number of carbonyl (C=O) groups is 1. The highest BCUT2D eigenvalue weighted by atomic mass is 16.5. The number of aromatic amines is 1. The fourth-order valence-electron chi connectivity index (χ4n) is 4.11. The first-order chi connectivity index (χ1) is 17.4. The van der Waals surface area contributed by atoms with Gasteiger partial charge in [0.25, 0.3) is 5.91 Å². The minimum atomic E-state index is -0.460. The lowest BCUT2D eigenvalue weighted by atomic mass is 10.1. The smallest absolute Gasteiger partial charge is 0.345 e. The molecule has 3 aromatic rings. The third-order valence-corrected chi connectivity index (χ3v) is 6.34. The van der Waals surface area contributed by atoms with Crippen molar-refractivity contribution < 1.29 is 14.6 Å². The molecule has 3 N–H and O–H groups in total. The number of rotatable bonds is 9. The SMILES string of the molecule is Cc1cc(-c2cc(-c3ccc(OCC(=O)NCCCN4CCN(C)CC4)cc3)[nH]c(=O)n2)ccc1O. The van der Waals surface area contributed by atoms with Crippen LogP contribution in [0.5, 0.6) is 11.5 Å². The van der Waals surface area contributed by atoms with Crippen LogP contribution in [0.2, 0.25) is 0 Å². The first kappa shape index (κ1) is 25.4. The number of benzene rings is 2. The van der Waals surface area contributed by atoms with Gasteiger partial charge in [0.2, 0.25) is 0 Å². The van der Waals surface area contributed by atoms with Crippen molar-refractivity contribution in [2.75, 3.05) is 52.9 Å². The van der Waals surface area contributed by atoms with E-state index in [2.05, 4.69) is 32.1 Å². The molecule has 190 valence electrons. The van der Waals surface area contributed by atoms with Crippen LogP contribution in [-0.4, -0.2) is 83.7 Å². The summed E-state index contributed by atoms with van der Waals surface area (Å²) in [4.78, 5) is 35.9. The Kier molecular flexibility index (Phi) is 8.35. The minimum Gasteiger partial charge on any atom is -0.508 e. The normalized spacial score (nSPS) is 14.5. The molecule has 0 unspecified atom stereocenters. The Morgan fingerprint density at radius 1 is 1.08 bits per heavy atom. The predicted molar refractivity (Wildman–Crippen MR) is 139 cm³/mol. The van der Waals surface area contributed by atoms with Crippen LogP contribution in [0.4, 0.5) is 0 Å². The molecule has 0 aliphatic carbocycles. The Labute approximate surface area is 210 Å². The molecular formula is C27H33N5O4. The van der Waals surface area contributed by atoms with Crippen LogP contribution < -0.4 is 15.7 Å². The van der Waals surface area contributed by atoms with Crippen molar-refractivity contribution in [3.8, 4) is 34.0 Å². The number of aryl methyl sites for hydroxylation is 1.